The predicted molar refractivity (Wildman–Crippen MR) is 136 cm³/mol. The number of para-hydroxylation sites is 2. The van der Waals surface area contributed by atoms with Crippen molar-refractivity contribution >= 4 is 32.9 Å². The highest BCUT2D eigenvalue weighted by atomic mass is 79.9. The molecule has 0 aliphatic carbocycles. The van der Waals surface area contributed by atoms with Gasteiger partial charge in [0.15, 0.2) is 0 Å². The molecule has 1 N–H and O–H groups in total. The number of halogens is 1. The van der Waals surface area contributed by atoms with E-state index >= 15 is 0 Å². The Bertz CT molecular complexity index is 1250. The molecule has 1 aromatic heterocycles. The van der Waals surface area contributed by atoms with Crippen LogP contribution >= 0.6 is 15.9 Å². The lowest BCUT2D eigenvalue weighted by Gasteiger charge is -2.17. The number of hydrogen-bond donors (Lipinski definition) is 1. The number of carbonyl (C=O) groups excluding carboxylic acids is 1. The Labute approximate surface area is 202 Å². The Morgan fingerprint density at radius 3 is 2.70 bits per heavy atom. The van der Waals surface area contributed by atoms with Crippen LogP contribution in [0.2, 0.25) is 0 Å². The normalized spacial score (nSPS) is 12.0. The molecule has 0 fully saturated rings. The summed E-state index contributed by atoms with van der Waals surface area (Å²) in [5, 5.41) is 3.10. The van der Waals surface area contributed by atoms with Crippen LogP contribution in [0, 0.1) is 6.92 Å². The van der Waals surface area contributed by atoms with Crippen molar-refractivity contribution in [1.82, 2.24) is 14.9 Å². The van der Waals surface area contributed by atoms with Crippen LogP contribution in [0.25, 0.3) is 11.0 Å². The van der Waals surface area contributed by atoms with Crippen LogP contribution < -0.4 is 10.1 Å². The number of benzene rings is 3. The predicted octanol–water partition coefficient (Wildman–Crippen LogP) is 6.46. The Kier molecular flexibility index (Phi) is 7.45. The lowest BCUT2D eigenvalue weighted by atomic mass is 10.2. The number of fused-ring (bicyclic) bond motifs is 1. The number of nitrogens with zero attached hydrogens (tertiary/aromatic N) is 2. The van der Waals surface area contributed by atoms with Crippen LogP contribution in [-0.4, -0.2) is 22.1 Å². The van der Waals surface area contributed by atoms with Gasteiger partial charge in [-0.25, -0.2) is 4.98 Å². The summed E-state index contributed by atoms with van der Waals surface area (Å²) in [6.07, 6.45) is 1.88. The molecule has 3 aromatic carbocycles. The van der Waals surface area contributed by atoms with Gasteiger partial charge in [-0.15, -0.1) is 0 Å². The number of nitrogens with one attached hydrogen (secondary N) is 1. The third-order valence-electron chi connectivity index (χ3n) is 5.54. The topological polar surface area (TPSA) is 56.1 Å². The lowest BCUT2D eigenvalue weighted by molar-refractivity contribution is 0.0937. The molecule has 0 aliphatic heterocycles. The molecule has 0 saturated heterocycles. The van der Waals surface area contributed by atoms with E-state index in [9.17, 15) is 4.79 Å². The minimum atomic E-state index is -0.229. The molecule has 33 heavy (non-hydrogen) atoms. The summed E-state index contributed by atoms with van der Waals surface area (Å²) >= 11 is 3.43. The first-order chi connectivity index (χ1) is 16.0. The van der Waals surface area contributed by atoms with E-state index in [4.69, 9.17) is 9.72 Å². The quantitative estimate of drug-likeness (QED) is 0.265. The Balaban J connectivity index is 1.43. The van der Waals surface area contributed by atoms with E-state index in [2.05, 4.69) is 50.9 Å². The first-order valence-corrected chi connectivity index (χ1v) is 12.0. The van der Waals surface area contributed by atoms with Crippen LogP contribution in [0.15, 0.2) is 77.3 Å². The van der Waals surface area contributed by atoms with Gasteiger partial charge in [0.05, 0.1) is 23.7 Å². The summed E-state index contributed by atoms with van der Waals surface area (Å²) in [4.78, 5) is 17.6. The van der Waals surface area contributed by atoms with Gasteiger partial charge in [0.2, 0.25) is 0 Å². The van der Waals surface area contributed by atoms with Crippen LogP contribution in [0.3, 0.4) is 0 Å². The van der Waals surface area contributed by atoms with Gasteiger partial charge in [-0.05, 0) is 74.7 Å². The molecule has 0 radical (unpaired) electrons. The van der Waals surface area contributed by atoms with Gasteiger partial charge < -0.3 is 14.6 Å². The minimum Gasteiger partial charge on any atom is -0.494 e. The van der Waals surface area contributed by atoms with Crippen LogP contribution in [0.5, 0.6) is 5.75 Å². The SMILES string of the molecule is Cc1cccc(OCCCCn2c(C(C)NC(=O)c3cccc(Br)c3)nc3ccccc32)c1. The second kappa shape index (κ2) is 10.7. The first kappa shape index (κ1) is 23.1. The molecule has 0 spiro atoms. The number of hydrogen-bond acceptors (Lipinski definition) is 3. The van der Waals surface area contributed by atoms with E-state index in [1.165, 1.54) is 5.56 Å². The number of aryl methyl sites for hydroxylation is 2. The number of imidazole rings is 1. The molecule has 0 saturated carbocycles. The van der Waals surface area contributed by atoms with Gasteiger partial charge in [-0.1, -0.05) is 46.3 Å². The zero-order valence-corrected chi connectivity index (χ0v) is 20.5. The fraction of sp³-hybridized carbons (Fsp3) is 0.259. The molecular formula is C27H28BrN3O2. The molecule has 1 unspecified atom stereocenters. The molecule has 1 amide bonds. The van der Waals surface area contributed by atoms with Crippen molar-refractivity contribution in [3.8, 4) is 5.75 Å². The van der Waals surface area contributed by atoms with E-state index in [1.807, 2.05) is 61.5 Å². The summed E-state index contributed by atoms with van der Waals surface area (Å²) in [6.45, 7) is 5.52. The Morgan fingerprint density at radius 2 is 1.88 bits per heavy atom. The van der Waals surface area contributed by atoms with Gasteiger partial charge in [0.1, 0.15) is 11.6 Å². The maximum atomic E-state index is 12.8. The van der Waals surface area contributed by atoms with Crippen molar-refractivity contribution in [2.24, 2.45) is 0 Å². The average molecular weight is 506 g/mol. The fourth-order valence-electron chi connectivity index (χ4n) is 3.90. The van der Waals surface area contributed by atoms with Gasteiger partial charge >= 0.3 is 0 Å². The summed E-state index contributed by atoms with van der Waals surface area (Å²) in [7, 11) is 0. The number of aromatic nitrogens is 2. The van der Waals surface area contributed by atoms with Crippen molar-refractivity contribution < 1.29 is 9.53 Å². The smallest absolute Gasteiger partial charge is 0.251 e. The van der Waals surface area contributed by atoms with Crippen LogP contribution in [0.4, 0.5) is 0 Å². The van der Waals surface area contributed by atoms with Crippen molar-refractivity contribution in [3.63, 3.8) is 0 Å². The monoisotopic (exact) mass is 505 g/mol. The number of unbranched alkanes of at least 4 members (excludes halogenated alkanes) is 1. The molecule has 1 atom stereocenters. The average Bonchev–Trinajstić information content (AvgIpc) is 3.18. The molecule has 5 nitrogen and oxygen atoms in total. The summed E-state index contributed by atoms with van der Waals surface area (Å²) < 4.78 is 8.99. The lowest BCUT2D eigenvalue weighted by Crippen LogP contribution is -2.28. The molecular weight excluding hydrogens is 478 g/mol. The third-order valence-corrected chi connectivity index (χ3v) is 6.03. The standard InChI is InChI=1S/C27H28BrN3O2/c1-19-9-7-12-23(17-19)33-16-6-5-15-31-25-14-4-3-13-24(25)30-26(31)20(2)29-27(32)21-10-8-11-22(28)18-21/h3-4,7-14,17-18,20H,5-6,15-16H2,1-2H3,(H,29,32). The van der Waals surface area contributed by atoms with E-state index in [1.54, 1.807) is 0 Å². The number of ether oxygens (including phenoxy) is 1. The van der Waals surface area contributed by atoms with E-state index in [-0.39, 0.29) is 11.9 Å². The van der Waals surface area contributed by atoms with Gasteiger partial charge in [-0.3, -0.25) is 4.79 Å². The van der Waals surface area contributed by atoms with E-state index < -0.39 is 0 Å². The molecule has 170 valence electrons. The van der Waals surface area contributed by atoms with Crippen molar-refractivity contribution in [3.05, 3.63) is 94.2 Å². The number of amides is 1. The maximum absolute atomic E-state index is 12.8. The summed E-state index contributed by atoms with van der Waals surface area (Å²) in [6, 6.07) is 23.4. The van der Waals surface area contributed by atoms with Gasteiger partial charge in [0, 0.05) is 16.6 Å². The second-order valence-electron chi connectivity index (χ2n) is 8.19. The highest BCUT2D eigenvalue weighted by Gasteiger charge is 2.19. The van der Waals surface area contributed by atoms with Crippen LogP contribution in [0.1, 0.15) is 47.6 Å². The number of carbonyl (C=O) groups is 1. The highest BCUT2D eigenvalue weighted by molar-refractivity contribution is 9.10. The summed E-state index contributed by atoms with van der Waals surface area (Å²) in [5.74, 6) is 1.65. The fourth-order valence-corrected chi connectivity index (χ4v) is 4.30. The molecule has 6 heteroatoms. The summed E-state index contributed by atoms with van der Waals surface area (Å²) in [5.41, 5.74) is 3.83. The van der Waals surface area contributed by atoms with E-state index in [0.29, 0.717) is 12.2 Å². The maximum Gasteiger partial charge on any atom is 0.251 e. The largest absolute Gasteiger partial charge is 0.494 e. The molecule has 1 heterocycles. The third kappa shape index (κ3) is 5.82. The Morgan fingerprint density at radius 1 is 1.06 bits per heavy atom. The van der Waals surface area contributed by atoms with E-state index in [0.717, 1.165) is 46.5 Å². The van der Waals surface area contributed by atoms with Crippen molar-refractivity contribution in [2.75, 3.05) is 6.61 Å². The molecule has 4 aromatic rings. The number of rotatable bonds is 9. The van der Waals surface area contributed by atoms with Crippen molar-refractivity contribution in [1.29, 1.82) is 0 Å². The van der Waals surface area contributed by atoms with Crippen LogP contribution in [-0.2, 0) is 6.54 Å². The van der Waals surface area contributed by atoms with Gasteiger partial charge in [-0.2, -0.15) is 0 Å². The second-order valence-corrected chi connectivity index (χ2v) is 9.10. The molecule has 4 rings (SSSR count). The zero-order chi connectivity index (χ0) is 23.2. The molecule has 0 aliphatic rings. The first-order valence-electron chi connectivity index (χ1n) is 11.2. The minimum absolute atomic E-state index is 0.117. The molecule has 0 bridgehead atoms. The highest BCUT2D eigenvalue weighted by Crippen LogP contribution is 2.22. The van der Waals surface area contributed by atoms with Crippen molar-refractivity contribution in [2.45, 2.75) is 39.3 Å². The van der Waals surface area contributed by atoms with Gasteiger partial charge in [0.25, 0.3) is 5.91 Å². The Hall–Kier alpha value is -3.12. The zero-order valence-electron chi connectivity index (χ0n) is 18.9.